The second-order valence-corrected chi connectivity index (χ2v) is 8.11. The molecule has 0 bridgehead atoms. The SMILES string of the molecule is O=C(Nc1nc2c(Sc3cnc4ccccn34)cccc2s1)C1CC1. The number of amides is 1. The summed E-state index contributed by atoms with van der Waals surface area (Å²) in [4.78, 5) is 22.1. The number of aromatic nitrogens is 3. The van der Waals surface area contributed by atoms with Crippen molar-refractivity contribution in [2.45, 2.75) is 22.8 Å². The molecule has 4 aromatic rings. The number of fused-ring (bicyclic) bond motifs is 2. The van der Waals surface area contributed by atoms with Crippen LogP contribution in [-0.4, -0.2) is 20.3 Å². The van der Waals surface area contributed by atoms with Crippen LogP contribution in [0.25, 0.3) is 15.9 Å². The van der Waals surface area contributed by atoms with Crippen molar-refractivity contribution in [3.63, 3.8) is 0 Å². The average molecular weight is 366 g/mol. The number of nitrogens with one attached hydrogen (secondary N) is 1. The Balaban J connectivity index is 1.50. The first kappa shape index (κ1) is 14.9. The molecule has 0 atom stereocenters. The molecule has 3 heterocycles. The van der Waals surface area contributed by atoms with Crippen molar-refractivity contribution < 1.29 is 4.79 Å². The summed E-state index contributed by atoms with van der Waals surface area (Å²) in [5.74, 6) is 0.272. The summed E-state index contributed by atoms with van der Waals surface area (Å²) in [7, 11) is 0. The molecule has 1 N–H and O–H groups in total. The molecule has 1 aliphatic carbocycles. The number of anilines is 1. The molecule has 0 unspecified atom stereocenters. The Morgan fingerprint density at radius 1 is 1.24 bits per heavy atom. The molecule has 1 aliphatic rings. The molecule has 0 spiro atoms. The molecule has 1 saturated carbocycles. The quantitative estimate of drug-likeness (QED) is 0.580. The van der Waals surface area contributed by atoms with Gasteiger partial charge in [0.25, 0.3) is 0 Å². The van der Waals surface area contributed by atoms with Crippen molar-refractivity contribution in [3.05, 3.63) is 48.8 Å². The molecule has 0 aliphatic heterocycles. The van der Waals surface area contributed by atoms with E-state index < -0.39 is 0 Å². The van der Waals surface area contributed by atoms with Crippen LogP contribution in [0.1, 0.15) is 12.8 Å². The Bertz CT molecular complexity index is 1100. The molecule has 1 fully saturated rings. The van der Waals surface area contributed by atoms with Crippen LogP contribution in [0.4, 0.5) is 5.13 Å². The fourth-order valence-corrected chi connectivity index (χ4v) is 4.65. The third-order valence-corrected chi connectivity index (χ3v) is 6.15. The monoisotopic (exact) mass is 366 g/mol. The van der Waals surface area contributed by atoms with Crippen LogP contribution in [0, 0.1) is 5.92 Å². The normalized spacial score (nSPS) is 14.2. The third-order valence-electron chi connectivity index (χ3n) is 4.16. The minimum absolute atomic E-state index is 0.0926. The van der Waals surface area contributed by atoms with Crippen molar-refractivity contribution >= 4 is 50.0 Å². The lowest BCUT2D eigenvalue weighted by atomic mass is 10.3. The molecule has 0 radical (unpaired) electrons. The molecule has 3 aromatic heterocycles. The van der Waals surface area contributed by atoms with Gasteiger partial charge in [0.1, 0.15) is 10.7 Å². The standard InChI is InChI=1S/C18H14N4OS2/c23-17(11-7-8-11)21-18-20-16-12(4-3-5-13(16)25-18)24-15-10-19-14-6-1-2-9-22(14)15/h1-6,9-11H,7-8H2,(H,20,21,23). The van der Waals surface area contributed by atoms with Crippen LogP contribution in [-0.2, 0) is 4.79 Å². The molecule has 1 aromatic carbocycles. The first-order valence-electron chi connectivity index (χ1n) is 8.08. The van der Waals surface area contributed by atoms with E-state index in [0.717, 1.165) is 38.6 Å². The van der Waals surface area contributed by atoms with Gasteiger partial charge in [0.2, 0.25) is 5.91 Å². The maximum absolute atomic E-state index is 12.0. The van der Waals surface area contributed by atoms with E-state index in [1.165, 1.54) is 11.3 Å². The van der Waals surface area contributed by atoms with E-state index in [1.807, 2.05) is 42.7 Å². The van der Waals surface area contributed by atoms with Gasteiger partial charge in [0, 0.05) is 17.0 Å². The highest BCUT2D eigenvalue weighted by molar-refractivity contribution is 7.99. The number of hydrogen-bond acceptors (Lipinski definition) is 5. The van der Waals surface area contributed by atoms with E-state index >= 15 is 0 Å². The van der Waals surface area contributed by atoms with Crippen molar-refractivity contribution in [2.24, 2.45) is 5.92 Å². The molecule has 5 rings (SSSR count). The Hall–Kier alpha value is -2.38. The van der Waals surface area contributed by atoms with Gasteiger partial charge in [-0.1, -0.05) is 35.2 Å². The number of rotatable bonds is 4. The molecular formula is C18H14N4OS2. The lowest BCUT2D eigenvalue weighted by Gasteiger charge is -2.02. The number of para-hydroxylation sites is 1. The lowest BCUT2D eigenvalue weighted by Crippen LogP contribution is -2.12. The van der Waals surface area contributed by atoms with Crippen LogP contribution >= 0.6 is 23.1 Å². The fourth-order valence-electron chi connectivity index (χ4n) is 2.71. The first-order chi connectivity index (χ1) is 12.3. The van der Waals surface area contributed by atoms with Gasteiger partial charge in [0.15, 0.2) is 5.13 Å². The largest absolute Gasteiger partial charge is 0.302 e. The van der Waals surface area contributed by atoms with Crippen LogP contribution in [0.5, 0.6) is 0 Å². The number of benzene rings is 1. The Kier molecular flexibility index (Phi) is 3.50. The fraction of sp³-hybridized carbons (Fsp3) is 0.167. The van der Waals surface area contributed by atoms with Gasteiger partial charge in [-0.15, -0.1) is 0 Å². The van der Waals surface area contributed by atoms with Crippen molar-refractivity contribution in [1.29, 1.82) is 0 Å². The number of carbonyl (C=O) groups excluding carboxylic acids is 1. The van der Waals surface area contributed by atoms with Crippen LogP contribution in [0.2, 0.25) is 0 Å². The Morgan fingerprint density at radius 3 is 3.04 bits per heavy atom. The molecular weight excluding hydrogens is 352 g/mol. The van der Waals surface area contributed by atoms with E-state index in [1.54, 1.807) is 11.8 Å². The number of carbonyl (C=O) groups is 1. The van der Waals surface area contributed by atoms with Gasteiger partial charge >= 0.3 is 0 Å². The Morgan fingerprint density at radius 2 is 2.16 bits per heavy atom. The summed E-state index contributed by atoms with van der Waals surface area (Å²) >= 11 is 3.16. The van der Waals surface area contributed by atoms with Gasteiger partial charge in [-0.25, -0.2) is 9.97 Å². The van der Waals surface area contributed by atoms with Gasteiger partial charge in [-0.2, -0.15) is 0 Å². The van der Waals surface area contributed by atoms with Crippen LogP contribution in [0.3, 0.4) is 0 Å². The van der Waals surface area contributed by atoms with Crippen molar-refractivity contribution in [1.82, 2.24) is 14.4 Å². The molecule has 0 saturated heterocycles. The number of hydrogen-bond donors (Lipinski definition) is 1. The van der Waals surface area contributed by atoms with Gasteiger partial charge in [-0.3, -0.25) is 9.20 Å². The van der Waals surface area contributed by atoms with Crippen molar-refractivity contribution in [3.8, 4) is 0 Å². The molecule has 1 amide bonds. The number of pyridine rings is 1. The van der Waals surface area contributed by atoms with E-state index in [9.17, 15) is 4.79 Å². The maximum atomic E-state index is 12.0. The highest BCUT2D eigenvalue weighted by atomic mass is 32.2. The third kappa shape index (κ3) is 2.79. The second kappa shape index (κ2) is 5.86. The second-order valence-electron chi connectivity index (χ2n) is 6.01. The molecule has 7 heteroatoms. The predicted octanol–water partition coefficient (Wildman–Crippen LogP) is 4.44. The summed E-state index contributed by atoms with van der Waals surface area (Å²) in [5, 5.41) is 4.67. The van der Waals surface area contributed by atoms with Crippen LogP contribution < -0.4 is 5.32 Å². The summed E-state index contributed by atoms with van der Waals surface area (Å²) in [6.07, 6.45) is 5.87. The highest BCUT2D eigenvalue weighted by Gasteiger charge is 2.30. The summed E-state index contributed by atoms with van der Waals surface area (Å²) in [6, 6.07) is 12.1. The zero-order valence-electron chi connectivity index (χ0n) is 13.2. The van der Waals surface area contributed by atoms with E-state index in [0.29, 0.717) is 5.13 Å². The summed E-state index contributed by atoms with van der Waals surface area (Å²) in [5.41, 5.74) is 1.85. The topological polar surface area (TPSA) is 59.3 Å². The number of imidazole rings is 1. The zero-order valence-corrected chi connectivity index (χ0v) is 14.8. The summed E-state index contributed by atoms with van der Waals surface area (Å²) < 4.78 is 3.14. The van der Waals surface area contributed by atoms with E-state index in [-0.39, 0.29) is 11.8 Å². The van der Waals surface area contributed by atoms with Crippen molar-refractivity contribution in [2.75, 3.05) is 5.32 Å². The Labute approximate surface area is 152 Å². The van der Waals surface area contributed by atoms with Crippen LogP contribution in [0.15, 0.2) is 58.7 Å². The van der Waals surface area contributed by atoms with E-state index in [4.69, 9.17) is 0 Å². The minimum Gasteiger partial charge on any atom is -0.302 e. The first-order valence-corrected chi connectivity index (χ1v) is 9.71. The van der Waals surface area contributed by atoms with Gasteiger partial charge < -0.3 is 5.32 Å². The highest BCUT2D eigenvalue weighted by Crippen LogP contribution is 2.37. The van der Waals surface area contributed by atoms with Gasteiger partial charge in [0.05, 0.1) is 16.4 Å². The number of thiazole rings is 1. The zero-order chi connectivity index (χ0) is 16.8. The molecule has 25 heavy (non-hydrogen) atoms. The lowest BCUT2D eigenvalue weighted by molar-refractivity contribution is -0.117. The number of nitrogens with zero attached hydrogens (tertiary/aromatic N) is 3. The molecule has 124 valence electrons. The smallest absolute Gasteiger partial charge is 0.229 e. The predicted molar refractivity (Wildman–Crippen MR) is 100 cm³/mol. The summed E-state index contributed by atoms with van der Waals surface area (Å²) in [6.45, 7) is 0. The van der Waals surface area contributed by atoms with Gasteiger partial charge in [-0.05, 0) is 37.1 Å². The maximum Gasteiger partial charge on any atom is 0.229 e. The average Bonchev–Trinajstić information content (AvgIpc) is 3.28. The van der Waals surface area contributed by atoms with E-state index in [2.05, 4.69) is 25.8 Å². The molecule has 5 nitrogen and oxygen atoms in total. The minimum atomic E-state index is 0.0926.